The van der Waals surface area contributed by atoms with Gasteiger partial charge in [-0.15, -0.1) is 0 Å². The molecule has 2 aromatic carbocycles. The Bertz CT molecular complexity index is 699. The minimum atomic E-state index is 0.0425. The second kappa shape index (κ2) is 11.4. The highest BCUT2D eigenvalue weighted by Crippen LogP contribution is 2.37. The molecule has 0 saturated carbocycles. The summed E-state index contributed by atoms with van der Waals surface area (Å²) in [4.78, 5) is 0. The average Bonchev–Trinajstić information content (AvgIpc) is 2.63. The van der Waals surface area contributed by atoms with E-state index in [1.807, 2.05) is 36.4 Å². The smallest absolute Gasteiger partial charge is 0.175 e. The minimum Gasteiger partial charge on any atom is -0.493 e. The summed E-state index contributed by atoms with van der Waals surface area (Å²) in [5.41, 5.74) is 2.05. The van der Waals surface area contributed by atoms with Crippen molar-refractivity contribution in [1.82, 2.24) is 5.32 Å². The van der Waals surface area contributed by atoms with E-state index in [-0.39, 0.29) is 6.61 Å². The molecule has 0 aromatic heterocycles. The standard InChI is InChI=1S/C19H23BrClNO4/c1-24-18-11-15(12-22-5-7-25-8-6-23)10-17(20)19(18)26-13-14-3-2-4-16(21)9-14/h2-4,9-11,22-23H,5-8,12-13H2,1H3. The van der Waals surface area contributed by atoms with Crippen molar-refractivity contribution in [3.63, 3.8) is 0 Å². The maximum atomic E-state index is 8.66. The Labute approximate surface area is 167 Å². The number of ether oxygens (including phenoxy) is 3. The molecule has 0 aliphatic carbocycles. The fourth-order valence-electron chi connectivity index (χ4n) is 2.34. The number of aliphatic hydroxyl groups is 1. The molecule has 0 heterocycles. The Morgan fingerprint density at radius 1 is 1.15 bits per heavy atom. The van der Waals surface area contributed by atoms with Crippen molar-refractivity contribution in [3.8, 4) is 11.5 Å². The van der Waals surface area contributed by atoms with E-state index in [9.17, 15) is 0 Å². The van der Waals surface area contributed by atoms with Crippen molar-refractivity contribution in [2.75, 3.05) is 33.5 Å². The summed E-state index contributed by atoms with van der Waals surface area (Å²) >= 11 is 9.57. The molecule has 2 aromatic rings. The molecule has 5 nitrogen and oxygen atoms in total. The van der Waals surface area contributed by atoms with E-state index in [1.165, 1.54) is 0 Å². The Kier molecular flexibility index (Phi) is 9.22. The number of nitrogens with one attached hydrogen (secondary N) is 1. The molecule has 2 N–H and O–H groups in total. The van der Waals surface area contributed by atoms with Crippen LogP contribution in [0.25, 0.3) is 0 Å². The van der Waals surface area contributed by atoms with Gasteiger partial charge in [-0.2, -0.15) is 0 Å². The Balaban J connectivity index is 1.95. The van der Waals surface area contributed by atoms with Gasteiger partial charge in [-0.1, -0.05) is 23.7 Å². The third-order valence-corrected chi connectivity index (χ3v) is 4.37. The summed E-state index contributed by atoms with van der Waals surface area (Å²) in [6.45, 7) is 2.73. The second-order valence-electron chi connectivity index (χ2n) is 5.54. The zero-order chi connectivity index (χ0) is 18.8. The number of aliphatic hydroxyl groups excluding tert-OH is 1. The highest BCUT2D eigenvalue weighted by molar-refractivity contribution is 9.10. The molecule has 0 aliphatic rings. The van der Waals surface area contributed by atoms with Crippen LogP contribution in [-0.2, 0) is 17.9 Å². The van der Waals surface area contributed by atoms with Crippen LogP contribution in [0.4, 0.5) is 0 Å². The number of hydrogen-bond donors (Lipinski definition) is 2. The zero-order valence-electron chi connectivity index (χ0n) is 14.6. The summed E-state index contributed by atoms with van der Waals surface area (Å²) in [6.07, 6.45) is 0. The molecule has 0 spiro atoms. The molecule has 26 heavy (non-hydrogen) atoms. The first-order chi connectivity index (χ1) is 12.6. The number of hydrogen-bond acceptors (Lipinski definition) is 5. The fourth-order valence-corrected chi connectivity index (χ4v) is 3.16. The first kappa shape index (κ1) is 21.0. The van der Waals surface area contributed by atoms with E-state index in [0.29, 0.717) is 49.4 Å². The molecule has 0 saturated heterocycles. The van der Waals surface area contributed by atoms with E-state index in [1.54, 1.807) is 7.11 Å². The van der Waals surface area contributed by atoms with Gasteiger partial charge in [-0.3, -0.25) is 0 Å². The highest BCUT2D eigenvalue weighted by atomic mass is 79.9. The van der Waals surface area contributed by atoms with Crippen molar-refractivity contribution < 1.29 is 19.3 Å². The summed E-state index contributed by atoms with van der Waals surface area (Å²) in [5, 5.41) is 12.6. The minimum absolute atomic E-state index is 0.0425. The van der Waals surface area contributed by atoms with E-state index < -0.39 is 0 Å². The summed E-state index contributed by atoms with van der Waals surface area (Å²) in [5.74, 6) is 1.32. The third-order valence-electron chi connectivity index (χ3n) is 3.55. The highest BCUT2D eigenvalue weighted by Gasteiger charge is 2.12. The molecular formula is C19H23BrClNO4. The van der Waals surface area contributed by atoms with Gasteiger partial charge >= 0.3 is 0 Å². The van der Waals surface area contributed by atoms with Crippen LogP contribution in [0.5, 0.6) is 11.5 Å². The molecule has 0 atom stereocenters. The molecule has 2 rings (SSSR count). The molecule has 0 unspecified atom stereocenters. The predicted molar refractivity (Wildman–Crippen MR) is 106 cm³/mol. The first-order valence-electron chi connectivity index (χ1n) is 8.27. The van der Waals surface area contributed by atoms with Crippen LogP contribution in [0, 0.1) is 0 Å². The van der Waals surface area contributed by atoms with Crippen LogP contribution < -0.4 is 14.8 Å². The monoisotopic (exact) mass is 443 g/mol. The quantitative estimate of drug-likeness (QED) is 0.516. The molecular weight excluding hydrogens is 422 g/mol. The van der Waals surface area contributed by atoms with Gasteiger partial charge in [0.25, 0.3) is 0 Å². The molecule has 0 amide bonds. The summed E-state index contributed by atoms with van der Waals surface area (Å²) in [6, 6.07) is 11.5. The normalized spacial score (nSPS) is 10.8. The lowest BCUT2D eigenvalue weighted by Gasteiger charge is -2.15. The van der Waals surface area contributed by atoms with Crippen LogP contribution in [0.15, 0.2) is 40.9 Å². The van der Waals surface area contributed by atoms with Crippen molar-refractivity contribution in [3.05, 3.63) is 57.0 Å². The number of halogens is 2. The lowest BCUT2D eigenvalue weighted by atomic mass is 10.2. The van der Waals surface area contributed by atoms with Crippen molar-refractivity contribution >= 4 is 27.5 Å². The van der Waals surface area contributed by atoms with E-state index >= 15 is 0 Å². The van der Waals surface area contributed by atoms with Gasteiger partial charge in [0, 0.05) is 18.1 Å². The summed E-state index contributed by atoms with van der Waals surface area (Å²) < 4.78 is 17.4. The van der Waals surface area contributed by atoms with Crippen LogP contribution in [-0.4, -0.2) is 38.6 Å². The van der Waals surface area contributed by atoms with Gasteiger partial charge in [-0.25, -0.2) is 0 Å². The van der Waals surface area contributed by atoms with Gasteiger partial charge in [0.2, 0.25) is 0 Å². The second-order valence-corrected chi connectivity index (χ2v) is 6.83. The summed E-state index contributed by atoms with van der Waals surface area (Å²) in [7, 11) is 1.62. The first-order valence-corrected chi connectivity index (χ1v) is 9.44. The zero-order valence-corrected chi connectivity index (χ0v) is 17.0. The molecule has 0 radical (unpaired) electrons. The predicted octanol–water partition coefficient (Wildman–Crippen LogP) is 3.79. The molecule has 0 fully saturated rings. The maximum Gasteiger partial charge on any atom is 0.175 e. The van der Waals surface area contributed by atoms with Crippen molar-refractivity contribution in [2.45, 2.75) is 13.2 Å². The Morgan fingerprint density at radius 3 is 2.73 bits per heavy atom. The van der Waals surface area contributed by atoms with Gasteiger partial charge in [0.15, 0.2) is 11.5 Å². The molecule has 142 valence electrons. The lowest BCUT2D eigenvalue weighted by Crippen LogP contribution is -2.20. The SMILES string of the molecule is COc1cc(CNCCOCCO)cc(Br)c1OCc1cccc(Cl)c1. The van der Waals surface area contributed by atoms with Gasteiger partial charge in [0.05, 0.1) is 31.4 Å². The van der Waals surface area contributed by atoms with Gasteiger partial charge in [0.1, 0.15) is 6.61 Å². The number of rotatable bonds is 11. The lowest BCUT2D eigenvalue weighted by molar-refractivity contribution is 0.0938. The van der Waals surface area contributed by atoms with Gasteiger partial charge < -0.3 is 24.6 Å². The van der Waals surface area contributed by atoms with Gasteiger partial charge in [-0.05, 0) is 51.3 Å². The Hall–Kier alpha value is -1.31. The third kappa shape index (κ3) is 6.78. The van der Waals surface area contributed by atoms with E-state index in [2.05, 4.69) is 21.2 Å². The van der Waals surface area contributed by atoms with Crippen molar-refractivity contribution in [2.24, 2.45) is 0 Å². The largest absolute Gasteiger partial charge is 0.493 e. The topological polar surface area (TPSA) is 60.0 Å². The number of methoxy groups -OCH3 is 1. The van der Waals surface area contributed by atoms with E-state index in [0.717, 1.165) is 15.6 Å². The fraction of sp³-hybridized carbons (Fsp3) is 0.368. The van der Waals surface area contributed by atoms with Crippen LogP contribution in [0.1, 0.15) is 11.1 Å². The molecule has 0 bridgehead atoms. The van der Waals surface area contributed by atoms with Crippen LogP contribution >= 0.6 is 27.5 Å². The van der Waals surface area contributed by atoms with E-state index in [4.69, 9.17) is 30.9 Å². The average molecular weight is 445 g/mol. The van der Waals surface area contributed by atoms with Crippen molar-refractivity contribution in [1.29, 1.82) is 0 Å². The maximum absolute atomic E-state index is 8.66. The van der Waals surface area contributed by atoms with Crippen LogP contribution in [0.2, 0.25) is 5.02 Å². The van der Waals surface area contributed by atoms with Crippen LogP contribution in [0.3, 0.4) is 0 Å². The molecule has 7 heteroatoms. The number of benzene rings is 2. The molecule has 0 aliphatic heterocycles. The Morgan fingerprint density at radius 2 is 2.00 bits per heavy atom.